The number of fused-ring (bicyclic) bond motifs is 1. The van der Waals surface area contributed by atoms with Crippen molar-refractivity contribution in [1.29, 1.82) is 0 Å². The molecule has 1 unspecified atom stereocenters. The second kappa shape index (κ2) is 4.94. The SMILES string of the molecule is CN1CCC(c2nc(Br)c3n2CCC(N)C3)CC1. The molecular weight excluding hydrogens is 292 g/mol. The van der Waals surface area contributed by atoms with Crippen LogP contribution in [-0.4, -0.2) is 40.6 Å². The lowest BCUT2D eigenvalue weighted by Gasteiger charge is -2.30. The molecule has 0 aromatic carbocycles. The van der Waals surface area contributed by atoms with Crippen molar-refractivity contribution in [3.63, 3.8) is 0 Å². The van der Waals surface area contributed by atoms with Crippen molar-refractivity contribution in [2.45, 2.75) is 44.2 Å². The lowest BCUT2D eigenvalue weighted by Crippen LogP contribution is -2.33. The first-order chi connectivity index (χ1) is 8.65. The summed E-state index contributed by atoms with van der Waals surface area (Å²) in [6.07, 6.45) is 4.49. The third-order valence-corrected chi connectivity index (χ3v) is 4.95. The molecule has 18 heavy (non-hydrogen) atoms. The highest BCUT2D eigenvalue weighted by molar-refractivity contribution is 9.10. The van der Waals surface area contributed by atoms with E-state index >= 15 is 0 Å². The average Bonchev–Trinajstić information content (AvgIpc) is 2.68. The number of nitrogens with two attached hydrogens (primary N) is 1. The number of halogens is 1. The number of piperidine rings is 1. The molecule has 0 saturated carbocycles. The number of hydrogen-bond donors (Lipinski definition) is 1. The summed E-state index contributed by atoms with van der Waals surface area (Å²) in [4.78, 5) is 7.19. The van der Waals surface area contributed by atoms with Gasteiger partial charge in [0.05, 0.1) is 5.69 Å². The molecule has 1 aromatic heterocycles. The van der Waals surface area contributed by atoms with Gasteiger partial charge in [0.15, 0.2) is 0 Å². The van der Waals surface area contributed by atoms with Gasteiger partial charge >= 0.3 is 0 Å². The van der Waals surface area contributed by atoms with Gasteiger partial charge in [-0.05, 0) is 55.3 Å². The lowest BCUT2D eigenvalue weighted by atomic mass is 9.95. The van der Waals surface area contributed by atoms with Gasteiger partial charge in [0.1, 0.15) is 10.4 Å². The summed E-state index contributed by atoms with van der Waals surface area (Å²) in [5.41, 5.74) is 7.36. The van der Waals surface area contributed by atoms with E-state index in [0.717, 1.165) is 24.0 Å². The Morgan fingerprint density at radius 3 is 2.67 bits per heavy atom. The van der Waals surface area contributed by atoms with E-state index in [9.17, 15) is 0 Å². The Morgan fingerprint density at radius 1 is 1.22 bits per heavy atom. The van der Waals surface area contributed by atoms with Gasteiger partial charge in [-0.1, -0.05) is 0 Å². The highest BCUT2D eigenvalue weighted by atomic mass is 79.9. The first-order valence-electron chi connectivity index (χ1n) is 6.84. The van der Waals surface area contributed by atoms with Crippen LogP contribution in [0.3, 0.4) is 0 Å². The van der Waals surface area contributed by atoms with Crippen molar-refractivity contribution in [3.05, 3.63) is 16.1 Å². The van der Waals surface area contributed by atoms with Crippen LogP contribution < -0.4 is 5.73 Å². The molecule has 2 N–H and O–H groups in total. The second-order valence-electron chi connectivity index (χ2n) is 5.69. The third-order valence-electron chi connectivity index (χ3n) is 4.32. The monoisotopic (exact) mass is 312 g/mol. The van der Waals surface area contributed by atoms with Crippen molar-refractivity contribution < 1.29 is 0 Å². The molecule has 2 aliphatic heterocycles. The highest BCUT2D eigenvalue weighted by Crippen LogP contribution is 2.32. The van der Waals surface area contributed by atoms with Crippen molar-refractivity contribution in [1.82, 2.24) is 14.5 Å². The summed E-state index contributed by atoms with van der Waals surface area (Å²) < 4.78 is 3.44. The van der Waals surface area contributed by atoms with E-state index in [1.807, 2.05) is 0 Å². The van der Waals surface area contributed by atoms with Gasteiger partial charge in [-0.3, -0.25) is 0 Å². The number of rotatable bonds is 1. The zero-order chi connectivity index (χ0) is 12.7. The summed E-state index contributed by atoms with van der Waals surface area (Å²) in [7, 11) is 2.20. The minimum Gasteiger partial charge on any atom is -0.331 e. The molecule has 1 saturated heterocycles. The molecule has 1 atom stereocenters. The van der Waals surface area contributed by atoms with Gasteiger partial charge in [0.2, 0.25) is 0 Å². The summed E-state index contributed by atoms with van der Waals surface area (Å²) in [5.74, 6) is 1.91. The zero-order valence-electron chi connectivity index (χ0n) is 10.9. The number of imidazole rings is 1. The fourth-order valence-electron chi connectivity index (χ4n) is 3.14. The maximum Gasteiger partial charge on any atom is 0.127 e. The normalized spacial score (nSPS) is 26.3. The predicted molar refractivity (Wildman–Crippen MR) is 75.7 cm³/mol. The van der Waals surface area contributed by atoms with Crippen LogP contribution in [0, 0.1) is 0 Å². The Morgan fingerprint density at radius 2 is 1.94 bits per heavy atom. The highest BCUT2D eigenvalue weighted by Gasteiger charge is 2.28. The van der Waals surface area contributed by atoms with Crippen LogP contribution in [-0.2, 0) is 13.0 Å². The van der Waals surface area contributed by atoms with Crippen molar-refractivity contribution in [2.75, 3.05) is 20.1 Å². The fraction of sp³-hybridized carbons (Fsp3) is 0.769. The minimum absolute atomic E-state index is 0.302. The number of hydrogen-bond acceptors (Lipinski definition) is 3. The summed E-state index contributed by atoms with van der Waals surface area (Å²) in [6, 6.07) is 0.302. The van der Waals surface area contributed by atoms with Crippen LogP contribution in [0.25, 0.3) is 0 Å². The molecule has 3 heterocycles. The van der Waals surface area contributed by atoms with Gasteiger partial charge < -0.3 is 15.2 Å². The van der Waals surface area contributed by atoms with Crippen LogP contribution >= 0.6 is 15.9 Å². The quantitative estimate of drug-likeness (QED) is 0.859. The molecule has 5 heteroatoms. The molecule has 0 radical (unpaired) electrons. The van der Waals surface area contributed by atoms with E-state index in [0.29, 0.717) is 12.0 Å². The predicted octanol–water partition coefficient (Wildman–Crippen LogP) is 1.73. The smallest absolute Gasteiger partial charge is 0.127 e. The molecular formula is C13H21BrN4. The maximum absolute atomic E-state index is 6.06. The van der Waals surface area contributed by atoms with Crippen molar-refractivity contribution in [2.24, 2.45) is 5.73 Å². The molecule has 0 bridgehead atoms. The van der Waals surface area contributed by atoms with E-state index < -0.39 is 0 Å². The Bertz CT molecular complexity index is 434. The summed E-state index contributed by atoms with van der Waals surface area (Å²) in [6.45, 7) is 3.41. The molecule has 0 amide bonds. The average molecular weight is 313 g/mol. The summed E-state index contributed by atoms with van der Waals surface area (Å²) >= 11 is 3.61. The second-order valence-corrected chi connectivity index (χ2v) is 6.44. The van der Waals surface area contributed by atoms with Crippen LogP contribution in [0.2, 0.25) is 0 Å². The van der Waals surface area contributed by atoms with Crippen LogP contribution in [0.15, 0.2) is 4.60 Å². The Labute approximate surface area is 117 Å². The molecule has 0 aliphatic carbocycles. The maximum atomic E-state index is 6.06. The van der Waals surface area contributed by atoms with Crippen LogP contribution in [0.4, 0.5) is 0 Å². The van der Waals surface area contributed by atoms with E-state index in [2.05, 4.69) is 32.4 Å². The Balaban J connectivity index is 1.87. The third kappa shape index (κ3) is 2.24. The number of likely N-dealkylation sites (tertiary alicyclic amines) is 1. The van der Waals surface area contributed by atoms with E-state index in [4.69, 9.17) is 10.7 Å². The first-order valence-corrected chi connectivity index (χ1v) is 7.63. The van der Waals surface area contributed by atoms with Crippen LogP contribution in [0.1, 0.15) is 36.7 Å². The van der Waals surface area contributed by atoms with Gasteiger partial charge in [-0.2, -0.15) is 0 Å². The van der Waals surface area contributed by atoms with Crippen molar-refractivity contribution >= 4 is 15.9 Å². The zero-order valence-corrected chi connectivity index (χ0v) is 12.5. The Kier molecular flexibility index (Phi) is 3.47. The number of aromatic nitrogens is 2. The molecule has 4 nitrogen and oxygen atoms in total. The standard InChI is InChI=1S/C13H21BrN4/c1-17-5-2-9(3-6-17)13-16-12(14)11-8-10(15)4-7-18(11)13/h9-10H,2-8,15H2,1H3. The molecule has 0 spiro atoms. The molecule has 3 rings (SSSR count). The van der Waals surface area contributed by atoms with E-state index in [-0.39, 0.29) is 0 Å². The Hall–Kier alpha value is -0.390. The fourth-order valence-corrected chi connectivity index (χ4v) is 3.70. The lowest BCUT2D eigenvalue weighted by molar-refractivity contribution is 0.247. The van der Waals surface area contributed by atoms with Gasteiger partial charge in [-0.15, -0.1) is 0 Å². The van der Waals surface area contributed by atoms with Gasteiger partial charge in [-0.25, -0.2) is 4.98 Å². The van der Waals surface area contributed by atoms with E-state index in [1.165, 1.54) is 37.4 Å². The van der Waals surface area contributed by atoms with Crippen molar-refractivity contribution in [3.8, 4) is 0 Å². The first kappa shape index (κ1) is 12.6. The minimum atomic E-state index is 0.302. The largest absolute Gasteiger partial charge is 0.331 e. The van der Waals surface area contributed by atoms with Gasteiger partial charge in [0, 0.05) is 24.9 Å². The van der Waals surface area contributed by atoms with E-state index in [1.54, 1.807) is 0 Å². The van der Waals surface area contributed by atoms with Gasteiger partial charge in [0.25, 0.3) is 0 Å². The molecule has 2 aliphatic rings. The molecule has 1 fully saturated rings. The summed E-state index contributed by atoms with van der Waals surface area (Å²) in [5, 5.41) is 0. The molecule has 100 valence electrons. The number of nitrogens with zero attached hydrogens (tertiary/aromatic N) is 3. The molecule has 1 aromatic rings. The topological polar surface area (TPSA) is 47.1 Å². The van der Waals surface area contributed by atoms with Crippen LogP contribution in [0.5, 0.6) is 0 Å².